The van der Waals surface area contributed by atoms with E-state index in [0.29, 0.717) is 6.20 Å². The standard InChI is InChI=1S/C8H4Br2F5N/c9-1-3-4(8(13,14)15)2-16-6(10)5(3)7(11)12/h2,7H,1H2. The van der Waals surface area contributed by atoms with Gasteiger partial charge >= 0.3 is 6.18 Å². The Balaban J connectivity index is 3.49. The topological polar surface area (TPSA) is 12.9 Å². The molecule has 0 saturated carbocycles. The molecule has 1 nitrogen and oxygen atoms in total. The van der Waals surface area contributed by atoms with E-state index in [4.69, 9.17) is 0 Å². The predicted octanol–water partition coefficient (Wildman–Crippen LogP) is 4.70. The molecule has 0 amide bonds. The Kier molecular flexibility index (Phi) is 4.28. The van der Waals surface area contributed by atoms with Crippen LogP contribution in [-0.2, 0) is 11.5 Å². The van der Waals surface area contributed by atoms with Gasteiger partial charge in [0.05, 0.1) is 11.1 Å². The molecular weight excluding hydrogens is 365 g/mol. The van der Waals surface area contributed by atoms with Crippen LogP contribution in [0.25, 0.3) is 0 Å². The van der Waals surface area contributed by atoms with Gasteiger partial charge in [-0.25, -0.2) is 13.8 Å². The molecule has 0 radical (unpaired) electrons. The molecule has 0 aliphatic heterocycles. The normalized spacial score (nSPS) is 12.2. The fourth-order valence-electron chi connectivity index (χ4n) is 1.15. The van der Waals surface area contributed by atoms with Crippen molar-refractivity contribution in [2.45, 2.75) is 17.9 Å². The van der Waals surface area contributed by atoms with Crippen LogP contribution < -0.4 is 0 Å². The summed E-state index contributed by atoms with van der Waals surface area (Å²) in [5, 5.41) is -0.317. The second-order valence-electron chi connectivity index (χ2n) is 2.79. The monoisotopic (exact) mass is 367 g/mol. The summed E-state index contributed by atoms with van der Waals surface area (Å²) in [4.78, 5) is 3.27. The number of alkyl halides is 6. The lowest BCUT2D eigenvalue weighted by Gasteiger charge is -2.15. The van der Waals surface area contributed by atoms with Crippen LogP contribution in [0.2, 0.25) is 0 Å². The van der Waals surface area contributed by atoms with Crippen molar-refractivity contribution >= 4 is 31.9 Å². The average molecular weight is 369 g/mol. The first-order valence-corrected chi connectivity index (χ1v) is 5.79. The van der Waals surface area contributed by atoms with Crippen LogP contribution in [-0.4, -0.2) is 4.98 Å². The van der Waals surface area contributed by atoms with Crippen molar-refractivity contribution in [2.24, 2.45) is 0 Å². The van der Waals surface area contributed by atoms with Gasteiger partial charge in [0.25, 0.3) is 6.43 Å². The minimum atomic E-state index is -4.69. The Hall–Kier alpha value is -0.240. The zero-order chi connectivity index (χ0) is 12.5. The van der Waals surface area contributed by atoms with Gasteiger partial charge in [-0.15, -0.1) is 0 Å². The maximum atomic E-state index is 12.6. The molecule has 0 aromatic carbocycles. The third-order valence-electron chi connectivity index (χ3n) is 1.84. The fraction of sp³-hybridized carbons (Fsp3) is 0.375. The van der Waals surface area contributed by atoms with Gasteiger partial charge < -0.3 is 0 Å². The van der Waals surface area contributed by atoms with Crippen LogP contribution >= 0.6 is 31.9 Å². The Labute approximate surface area is 104 Å². The highest BCUT2D eigenvalue weighted by molar-refractivity contribution is 9.10. The minimum absolute atomic E-state index is 0.273. The van der Waals surface area contributed by atoms with E-state index in [2.05, 4.69) is 36.8 Å². The van der Waals surface area contributed by atoms with Gasteiger partial charge in [0.15, 0.2) is 0 Å². The summed E-state index contributed by atoms with van der Waals surface area (Å²) < 4.78 is 62.4. The van der Waals surface area contributed by atoms with E-state index in [1.54, 1.807) is 0 Å². The summed E-state index contributed by atoms with van der Waals surface area (Å²) >= 11 is 5.48. The molecule has 1 aromatic heterocycles. The third kappa shape index (κ3) is 2.71. The number of hydrogen-bond donors (Lipinski definition) is 0. The summed E-state index contributed by atoms with van der Waals surface area (Å²) in [6, 6.07) is 0. The number of aromatic nitrogens is 1. The van der Waals surface area contributed by atoms with Crippen LogP contribution in [0, 0.1) is 0 Å². The van der Waals surface area contributed by atoms with Crippen molar-refractivity contribution in [1.29, 1.82) is 0 Å². The second-order valence-corrected chi connectivity index (χ2v) is 4.10. The molecule has 16 heavy (non-hydrogen) atoms. The number of rotatable bonds is 2. The predicted molar refractivity (Wildman–Crippen MR) is 54.5 cm³/mol. The second kappa shape index (κ2) is 4.95. The molecule has 1 heterocycles. The molecule has 0 atom stereocenters. The molecule has 0 N–H and O–H groups in total. The molecule has 0 unspecified atom stereocenters. The zero-order valence-electron chi connectivity index (χ0n) is 7.45. The molecular formula is C8H4Br2F5N. The van der Waals surface area contributed by atoms with E-state index in [1.807, 2.05) is 0 Å². The molecule has 1 aromatic rings. The first-order chi connectivity index (χ1) is 7.29. The van der Waals surface area contributed by atoms with Gasteiger partial charge in [-0.1, -0.05) is 15.9 Å². The molecule has 0 aliphatic rings. The highest BCUT2D eigenvalue weighted by atomic mass is 79.9. The van der Waals surface area contributed by atoms with Crippen molar-refractivity contribution in [3.8, 4) is 0 Å². The third-order valence-corrected chi connectivity index (χ3v) is 3.03. The Morgan fingerprint density at radius 3 is 2.25 bits per heavy atom. The average Bonchev–Trinajstić information content (AvgIpc) is 2.14. The lowest BCUT2D eigenvalue weighted by atomic mass is 10.1. The Morgan fingerprint density at radius 2 is 1.88 bits per heavy atom. The molecule has 1 rings (SSSR count). The summed E-state index contributed by atoms with van der Waals surface area (Å²) in [7, 11) is 0. The summed E-state index contributed by atoms with van der Waals surface area (Å²) in [6.07, 6.45) is -7.18. The van der Waals surface area contributed by atoms with Gasteiger partial charge in [-0.05, 0) is 21.5 Å². The first kappa shape index (κ1) is 13.8. The van der Waals surface area contributed by atoms with Crippen molar-refractivity contribution in [1.82, 2.24) is 4.98 Å². The Bertz CT molecular complexity index is 391. The Morgan fingerprint density at radius 1 is 1.31 bits per heavy atom. The summed E-state index contributed by atoms with van der Waals surface area (Å²) in [5.41, 5.74) is -2.38. The van der Waals surface area contributed by atoms with Crippen molar-refractivity contribution in [3.05, 3.63) is 27.5 Å². The van der Waals surface area contributed by atoms with Gasteiger partial charge in [-0.2, -0.15) is 13.2 Å². The van der Waals surface area contributed by atoms with Crippen molar-refractivity contribution in [2.75, 3.05) is 0 Å². The highest BCUT2D eigenvalue weighted by Crippen LogP contribution is 2.39. The number of pyridine rings is 1. The van der Waals surface area contributed by atoms with Crippen molar-refractivity contribution < 1.29 is 22.0 Å². The van der Waals surface area contributed by atoms with Gasteiger partial charge in [0.1, 0.15) is 4.60 Å². The lowest BCUT2D eigenvalue weighted by molar-refractivity contribution is -0.138. The summed E-state index contributed by atoms with van der Waals surface area (Å²) in [5.74, 6) is 0. The molecule has 0 bridgehead atoms. The largest absolute Gasteiger partial charge is 0.418 e. The van der Waals surface area contributed by atoms with E-state index in [1.165, 1.54) is 0 Å². The van der Waals surface area contributed by atoms with E-state index in [0.717, 1.165) is 0 Å². The minimum Gasteiger partial charge on any atom is -0.248 e. The molecule has 8 heteroatoms. The molecule has 0 spiro atoms. The van der Waals surface area contributed by atoms with E-state index >= 15 is 0 Å². The van der Waals surface area contributed by atoms with Crippen molar-refractivity contribution in [3.63, 3.8) is 0 Å². The van der Waals surface area contributed by atoms with E-state index in [-0.39, 0.29) is 9.93 Å². The summed E-state index contributed by atoms with van der Waals surface area (Å²) in [6.45, 7) is 0. The zero-order valence-corrected chi connectivity index (χ0v) is 10.6. The maximum absolute atomic E-state index is 12.6. The molecule has 0 aliphatic carbocycles. The van der Waals surface area contributed by atoms with Crippen LogP contribution in [0.15, 0.2) is 10.8 Å². The van der Waals surface area contributed by atoms with Gasteiger partial charge in [0.2, 0.25) is 0 Å². The molecule has 0 fully saturated rings. The molecule has 90 valence electrons. The SMILES string of the molecule is FC(F)c1c(Br)ncc(C(F)(F)F)c1CBr. The van der Waals surface area contributed by atoms with E-state index in [9.17, 15) is 22.0 Å². The van der Waals surface area contributed by atoms with Crippen LogP contribution in [0.3, 0.4) is 0 Å². The van der Waals surface area contributed by atoms with Crippen LogP contribution in [0.1, 0.15) is 23.1 Å². The van der Waals surface area contributed by atoms with Crippen LogP contribution in [0.4, 0.5) is 22.0 Å². The number of halogens is 7. The smallest absolute Gasteiger partial charge is 0.248 e. The molecule has 0 saturated heterocycles. The van der Waals surface area contributed by atoms with Gasteiger partial charge in [-0.3, -0.25) is 0 Å². The van der Waals surface area contributed by atoms with E-state index < -0.39 is 29.3 Å². The maximum Gasteiger partial charge on any atom is 0.418 e. The first-order valence-electron chi connectivity index (χ1n) is 3.87. The van der Waals surface area contributed by atoms with Gasteiger partial charge in [0, 0.05) is 11.5 Å². The quantitative estimate of drug-likeness (QED) is 0.419. The highest BCUT2D eigenvalue weighted by Gasteiger charge is 2.36. The number of hydrogen-bond acceptors (Lipinski definition) is 1. The lowest BCUT2D eigenvalue weighted by Crippen LogP contribution is -2.12. The number of nitrogens with zero attached hydrogens (tertiary/aromatic N) is 1. The van der Waals surface area contributed by atoms with Crippen LogP contribution in [0.5, 0.6) is 0 Å². The fourth-order valence-corrected chi connectivity index (χ4v) is 2.27.